The first kappa shape index (κ1) is 16.4. The topological polar surface area (TPSA) is 69.7 Å². The molecule has 0 atom stereocenters. The van der Waals surface area contributed by atoms with Crippen molar-refractivity contribution in [1.29, 1.82) is 0 Å². The summed E-state index contributed by atoms with van der Waals surface area (Å²) >= 11 is 0. The molecular weight excluding hydrogens is 320 g/mol. The SMILES string of the molecule is O=CN1CCN(C(=O)C2(C(=O)Nc3ccc(F)c(F)c3)CC2)CC1. The highest BCUT2D eigenvalue weighted by atomic mass is 19.2. The lowest BCUT2D eigenvalue weighted by molar-refractivity contribution is -0.144. The van der Waals surface area contributed by atoms with Gasteiger partial charge in [-0.3, -0.25) is 14.4 Å². The third kappa shape index (κ3) is 2.95. The normalized spacial score (nSPS) is 18.9. The number of piperazine rings is 1. The van der Waals surface area contributed by atoms with E-state index >= 15 is 0 Å². The van der Waals surface area contributed by atoms with E-state index in [9.17, 15) is 23.2 Å². The molecule has 3 rings (SSSR count). The van der Waals surface area contributed by atoms with Crippen LogP contribution in [0.5, 0.6) is 0 Å². The molecule has 3 amide bonds. The zero-order valence-electron chi connectivity index (χ0n) is 12.9. The van der Waals surface area contributed by atoms with Gasteiger partial charge in [0.25, 0.3) is 0 Å². The zero-order chi connectivity index (χ0) is 17.3. The van der Waals surface area contributed by atoms with Crippen molar-refractivity contribution < 1.29 is 23.2 Å². The Balaban J connectivity index is 1.66. The van der Waals surface area contributed by atoms with E-state index in [0.717, 1.165) is 18.5 Å². The number of amides is 3. The summed E-state index contributed by atoms with van der Waals surface area (Å²) < 4.78 is 26.2. The van der Waals surface area contributed by atoms with E-state index in [4.69, 9.17) is 0 Å². The second-order valence-electron chi connectivity index (χ2n) is 6.10. The third-order valence-electron chi connectivity index (χ3n) is 4.52. The summed E-state index contributed by atoms with van der Waals surface area (Å²) in [6, 6.07) is 3.06. The van der Waals surface area contributed by atoms with Gasteiger partial charge in [-0.1, -0.05) is 0 Å². The number of nitrogens with one attached hydrogen (secondary N) is 1. The Morgan fingerprint density at radius 3 is 2.29 bits per heavy atom. The molecular formula is C16H17F2N3O3. The number of hydrogen-bond donors (Lipinski definition) is 1. The van der Waals surface area contributed by atoms with Gasteiger partial charge >= 0.3 is 0 Å². The average Bonchev–Trinajstić information content (AvgIpc) is 3.39. The Kier molecular flexibility index (Phi) is 4.21. The maximum atomic E-state index is 13.2. The molecule has 1 aliphatic carbocycles. The Morgan fingerprint density at radius 2 is 1.75 bits per heavy atom. The van der Waals surface area contributed by atoms with Gasteiger partial charge in [0.15, 0.2) is 11.6 Å². The van der Waals surface area contributed by atoms with Crippen LogP contribution in [0.1, 0.15) is 12.8 Å². The summed E-state index contributed by atoms with van der Waals surface area (Å²) in [5, 5.41) is 2.49. The van der Waals surface area contributed by atoms with Crippen molar-refractivity contribution in [1.82, 2.24) is 9.80 Å². The summed E-state index contributed by atoms with van der Waals surface area (Å²) in [5.41, 5.74) is -1.02. The van der Waals surface area contributed by atoms with Crippen LogP contribution >= 0.6 is 0 Å². The molecule has 1 N–H and O–H groups in total. The minimum absolute atomic E-state index is 0.115. The highest BCUT2D eigenvalue weighted by molar-refractivity contribution is 6.13. The second-order valence-corrected chi connectivity index (χ2v) is 6.10. The predicted molar refractivity (Wildman–Crippen MR) is 80.9 cm³/mol. The van der Waals surface area contributed by atoms with E-state index in [1.165, 1.54) is 6.07 Å². The molecule has 24 heavy (non-hydrogen) atoms. The van der Waals surface area contributed by atoms with Crippen molar-refractivity contribution in [2.24, 2.45) is 5.41 Å². The number of benzene rings is 1. The number of halogens is 2. The van der Waals surface area contributed by atoms with E-state index in [2.05, 4.69) is 5.32 Å². The summed E-state index contributed by atoms with van der Waals surface area (Å²) in [6.45, 7) is 1.65. The number of nitrogens with zero attached hydrogens (tertiary/aromatic N) is 2. The monoisotopic (exact) mass is 337 g/mol. The molecule has 1 aromatic carbocycles. The molecule has 1 saturated carbocycles. The van der Waals surface area contributed by atoms with Gasteiger partial charge in [-0.25, -0.2) is 8.78 Å². The fourth-order valence-corrected chi connectivity index (χ4v) is 2.82. The van der Waals surface area contributed by atoms with Gasteiger partial charge in [0.05, 0.1) is 0 Å². The zero-order valence-corrected chi connectivity index (χ0v) is 12.9. The van der Waals surface area contributed by atoms with Gasteiger partial charge in [-0.15, -0.1) is 0 Å². The highest BCUT2D eigenvalue weighted by Gasteiger charge is 2.58. The molecule has 0 bridgehead atoms. The van der Waals surface area contributed by atoms with Crippen molar-refractivity contribution in [3.63, 3.8) is 0 Å². The van der Waals surface area contributed by atoms with Crippen molar-refractivity contribution in [2.75, 3.05) is 31.5 Å². The van der Waals surface area contributed by atoms with E-state index in [0.29, 0.717) is 39.0 Å². The largest absolute Gasteiger partial charge is 0.342 e. The van der Waals surface area contributed by atoms with Crippen LogP contribution in [-0.4, -0.2) is 54.2 Å². The van der Waals surface area contributed by atoms with Crippen LogP contribution in [0.4, 0.5) is 14.5 Å². The third-order valence-corrected chi connectivity index (χ3v) is 4.52. The van der Waals surface area contributed by atoms with Crippen LogP contribution in [0, 0.1) is 17.0 Å². The Labute approximate surface area is 137 Å². The smallest absolute Gasteiger partial charge is 0.240 e. The fraction of sp³-hybridized carbons (Fsp3) is 0.438. The second kappa shape index (κ2) is 6.18. The summed E-state index contributed by atoms with van der Waals surface area (Å²) in [6.07, 6.45) is 1.59. The van der Waals surface area contributed by atoms with Crippen molar-refractivity contribution in [3.05, 3.63) is 29.8 Å². The molecule has 1 aliphatic heterocycles. The Morgan fingerprint density at radius 1 is 1.08 bits per heavy atom. The summed E-state index contributed by atoms with van der Waals surface area (Å²) in [4.78, 5) is 39.0. The number of hydrogen-bond acceptors (Lipinski definition) is 3. The van der Waals surface area contributed by atoms with E-state index in [1.807, 2.05) is 0 Å². The van der Waals surface area contributed by atoms with E-state index < -0.39 is 23.0 Å². The quantitative estimate of drug-likeness (QED) is 0.658. The van der Waals surface area contributed by atoms with Crippen molar-refractivity contribution >= 4 is 23.9 Å². The minimum Gasteiger partial charge on any atom is -0.342 e. The van der Waals surface area contributed by atoms with Crippen LogP contribution in [-0.2, 0) is 14.4 Å². The van der Waals surface area contributed by atoms with Gasteiger partial charge in [-0.2, -0.15) is 0 Å². The lowest BCUT2D eigenvalue weighted by Crippen LogP contribution is -2.52. The molecule has 1 saturated heterocycles. The first-order valence-corrected chi connectivity index (χ1v) is 7.71. The van der Waals surface area contributed by atoms with Gasteiger partial charge in [0.2, 0.25) is 18.2 Å². The maximum absolute atomic E-state index is 13.2. The lowest BCUT2D eigenvalue weighted by atomic mass is 10.0. The number of rotatable bonds is 4. The summed E-state index contributed by atoms with van der Waals surface area (Å²) in [5.74, 6) is -2.84. The number of carbonyl (C=O) groups is 3. The van der Waals surface area contributed by atoms with E-state index in [-0.39, 0.29) is 11.6 Å². The molecule has 1 aromatic rings. The first-order chi connectivity index (χ1) is 11.5. The molecule has 0 aromatic heterocycles. The van der Waals surface area contributed by atoms with Crippen LogP contribution < -0.4 is 5.32 Å². The van der Waals surface area contributed by atoms with E-state index in [1.54, 1.807) is 9.80 Å². The Bertz CT molecular complexity index is 683. The molecule has 0 spiro atoms. The minimum atomic E-state index is -1.13. The van der Waals surface area contributed by atoms with Gasteiger partial charge < -0.3 is 15.1 Å². The average molecular weight is 337 g/mol. The number of carbonyl (C=O) groups excluding carboxylic acids is 3. The van der Waals surface area contributed by atoms with Crippen LogP contribution in [0.25, 0.3) is 0 Å². The molecule has 1 heterocycles. The molecule has 0 unspecified atom stereocenters. The van der Waals surface area contributed by atoms with Gasteiger partial charge in [0, 0.05) is 37.9 Å². The van der Waals surface area contributed by atoms with Crippen molar-refractivity contribution in [3.8, 4) is 0 Å². The molecule has 2 fully saturated rings. The molecule has 128 valence electrons. The Hall–Kier alpha value is -2.51. The van der Waals surface area contributed by atoms with Gasteiger partial charge in [-0.05, 0) is 25.0 Å². The van der Waals surface area contributed by atoms with Crippen LogP contribution in [0.15, 0.2) is 18.2 Å². The van der Waals surface area contributed by atoms with Gasteiger partial charge in [0.1, 0.15) is 5.41 Å². The fourth-order valence-electron chi connectivity index (χ4n) is 2.82. The predicted octanol–water partition coefficient (Wildman–Crippen LogP) is 0.984. The molecule has 2 aliphatic rings. The molecule has 8 heteroatoms. The van der Waals surface area contributed by atoms with Crippen LogP contribution in [0.3, 0.4) is 0 Å². The standard InChI is InChI=1S/C16H17F2N3O3/c17-12-2-1-11(9-13(12)18)19-14(23)16(3-4-16)15(24)21-7-5-20(10-22)6-8-21/h1-2,9-10H,3-8H2,(H,19,23). The van der Waals surface area contributed by atoms with Crippen molar-refractivity contribution in [2.45, 2.75) is 12.8 Å². The molecule has 0 radical (unpaired) electrons. The summed E-state index contributed by atoms with van der Waals surface area (Å²) in [7, 11) is 0. The lowest BCUT2D eigenvalue weighted by Gasteiger charge is -2.34. The van der Waals surface area contributed by atoms with Crippen LogP contribution in [0.2, 0.25) is 0 Å². The molecule has 6 nitrogen and oxygen atoms in total. The first-order valence-electron chi connectivity index (χ1n) is 7.71. The highest BCUT2D eigenvalue weighted by Crippen LogP contribution is 2.48. The number of anilines is 1. The maximum Gasteiger partial charge on any atom is 0.240 e.